The third kappa shape index (κ3) is 3.09. The highest BCUT2D eigenvalue weighted by Crippen LogP contribution is 2.30. The average Bonchev–Trinajstić information content (AvgIpc) is 2.59. The van der Waals surface area contributed by atoms with Crippen molar-refractivity contribution in [2.75, 3.05) is 0 Å². The highest BCUT2D eigenvalue weighted by molar-refractivity contribution is 5.73. The number of nitrogens with zero attached hydrogens (tertiary/aromatic N) is 2. The minimum Gasteiger partial charge on any atom is -0.267 e. The summed E-state index contributed by atoms with van der Waals surface area (Å²) in [5, 5.41) is 3.45. The highest BCUT2D eigenvalue weighted by atomic mass is 19.4. The van der Waals surface area contributed by atoms with Gasteiger partial charge in [0.2, 0.25) is 0 Å². The Balaban J connectivity index is 3.27. The Labute approximate surface area is 97.8 Å². The van der Waals surface area contributed by atoms with Gasteiger partial charge in [-0.25, -0.2) is 0 Å². The second-order valence-electron chi connectivity index (χ2n) is 3.39. The standard InChI is InChI=1S/C12H13F3N2/c1-4-6-9(7-5-2)10-8-11(12(13,14)15)16-17(10)3/h4-8H,1H2,2-3H3/b7-5-,9-6+. The van der Waals surface area contributed by atoms with Gasteiger partial charge in [-0.1, -0.05) is 30.9 Å². The van der Waals surface area contributed by atoms with Crippen LogP contribution in [0.25, 0.3) is 5.57 Å². The zero-order valence-electron chi connectivity index (χ0n) is 9.62. The van der Waals surface area contributed by atoms with Gasteiger partial charge in [0.05, 0.1) is 5.69 Å². The Hall–Kier alpha value is -1.78. The molecule has 0 aliphatic heterocycles. The fourth-order valence-corrected chi connectivity index (χ4v) is 1.41. The first kappa shape index (κ1) is 13.3. The molecule has 0 aliphatic rings. The zero-order valence-corrected chi connectivity index (χ0v) is 9.62. The fraction of sp³-hybridized carbons (Fsp3) is 0.250. The first-order valence-electron chi connectivity index (χ1n) is 4.97. The van der Waals surface area contributed by atoms with Crippen molar-refractivity contribution in [2.45, 2.75) is 13.1 Å². The van der Waals surface area contributed by atoms with E-state index in [2.05, 4.69) is 11.7 Å². The molecule has 1 rings (SSSR count). The van der Waals surface area contributed by atoms with Crippen LogP contribution in [0.15, 0.2) is 36.9 Å². The maximum absolute atomic E-state index is 12.5. The van der Waals surface area contributed by atoms with E-state index >= 15 is 0 Å². The summed E-state index contributed by atoms with van der Waals surface area (Å²) < 4.78 is 38.7. The molecule has 1 aromatic heterocycles. The van der Waals surface area contributed by atoms with E-state index in [1.807, 2.05) is 0 Å². The molecule has 1 heterocycles. The van der Waals surface area contributed by atoms with Crippen LogP contribution in [0.3, 0.4) is 0 Å². The number of hydrogen-bond acceptors (Lipinski definition) is 1. The number of alkyl halides is 3. The summed E-state index contributed by atoms with van der Waals surface area (Å²) >= 11 is 0. The lowest BCUT2D eigenvalue weighted by Gasteiger charge is -2.01. The molecule has 0 spiro atoms. The Bertz CT molecular complexity index is 465. The van der Waals surface area contributed by atoms with Gasteiger partial charge in [-0.05, 0) is 18.6 Å². The highest BCUT2D eigenvalue weighted by Gasteiger charge is 2.34. The van der Waals surface area contributed by atoms with Crippen molar-refractivity contribution in [3.8, 4) is 0 Å². The Kier molecular flexibility index (Phi) is 3.93. The van der Waals surface area contributed by atoms with Crippen LogP contribution in [0.5, 0.6) is 0 Å². The van der Waals surface area contributed by atoms with Crippen LogP contribution < -0.4 is 0 Å². The Morgan fingerprint density at radius 1 is 1.47 bits per heavy atom. The number of aromatic nitrogens is 2. The van der Waals surface area contributed by atoms with Crippen molar-refractivity contribution in [1.82, 2.24) is 9.78 Å². The average molecular weight is 242 g/mol. The van der Waals surface area contributed by atoms with Crippen molar-refractivity contribution in [3.05, 3.63) is 48.3 Å². The molecule has 92 valence electrons. The molecular formula is C12H13F3N2. The van der Waals surface area contributed by atoms with Gasteiger partial charge in [-0.15, -0.1) is 0 Å². The minimum absolute atomic E-state index is 0.398. The Morgan fingerprint density at radius 3 is 2.53 bits per heavy atom. The topological polar surface area (TPSA) is 17.8 Å². The molecule has 0 amide bonds. The monoisotopic (exact) mass is 242 g/mol. The van der Waals surface area contributed by atoms with Crippen molar-refractivity contribution in [1.29, 1.82) is 0 Å². The first-order chi connectivity index (χ1) is 7.90. The maximum atomic E-state index is 12.5. The Morgan fingerprint density at radius 2 is 2.12 bits per heavy atom. The molecule has 17 heavy (non-hydrogen) atoms. The van der Waals surface area contributed by atoms with E-state index in [1.165, 1.54) is 17.8 Å². The summed E-state index contributed by atoms with van der Waals surface area (Å²) in [7, 11) is 1.48. The summed E-state index contributed by atoms with van der Waals surface area (Å²) in [6, 6.07) is 1.02. The van der Waals surface area contributed by atoms with Gasteiger partial charge in [-0.2, -0.15) is 18.3 Å². The number of aryl methyl sites for hydroxylation is 1. The van der Waals surface area contributed by atoms with E-state index in [0.717, 1.165) is 6.07 Å². The van der Waals surface area contributed by atoms with Crippen LogP contribution >= 0.6 is 0 Å². The molecule has 0 atom stereocenters. The molecule has 1 aromatic rings. The number of allylic oxidation sites excluding steroid dienone is 5. The van der Waals surface area contributed by atoms with Gasteiger partial charge < -0.3 is 0 Å². The van der Waals surface area contributed by atoms with Crippen LogP contribution in [0, 0.1) is 0 Å². The second kappa shape index (κ2) is 5.03. The third-order valence-corrected chi connectivity index (χ3v) is 2.11. The van der Waals surface area contributed by atoms with Gasteiger partial charge in [0.1, 0.15) is 0 Å². The smallest absolute Gasteiger partial charge is 0.267 e. The molecule has 0 radical (unpaired) electrons. The van der Waals surface area contributed by atoms with Crippen LogP contribution in [0.1, 0.15) is 18.3 Å². The van der Waals surface area contributed by atoms with Crippen molar-refractivity contribution in [3.63, 3.8) is 0 Å². The zero-order chi connectivity index (χ0) is 13.1. The molecule has 2 nitrogen and oxygen atoms in total. The number of hydrogen-bond donors (Lipinski definition) is 0. The van der Waals surface area contributed by atoms with Gasteiger partial charge in [-0.3, -0.25) is 4.68 Å². The lowest BCUT2D eigenvalue weighted by Crippen LogP contribution is -2.06. The predicted molar refractivity (Wildman–Crippen MR) is 61.2 cm³/mol. The van der Waals surface area contributed by atoms with E-state index in [4.69, 9.17) is 0 Å². The quantitative estimate of drug-likeness (QED) is 0.741. The van der Waals surface area contributed by atoms with Gasteiger partial charge in [0, 0.05) is 7.05 Å². The van der Waals surface area contributed by atoms with E-state index in [0.29, 0.717) is 11.3 Å². The van der Waals surface area contributed by atoms with E-state index in [1.54, 1.807) is 25.2 Å². The molecule has 5 heteroatoms. The largest absolute Gasteiger partial charge is 0.435 e. The number of rotatable bonds is 3. The molecular weight excluding hydrogens is 229 g/mol. The van der Waals surface area contributed by atoms with E-state index in [9.17, 15) is 13.2 Å². The molecule has 0 unspecified atom stereocenters. The van der Waals surface area contributed by atoms with Crippen molar-refractivity contribution < 1.29 is 13.2 Å². The molecule has 0 bridgehead atoms. The summed E-state index contributed by atoms with van der Waals surface area (Å²) in [4.78, 5) is 0. The molecule has 0 saturated heterocycles. The lowest BCUT2D eigenvalue weighted by molar-refractivity contribution is -0.141. The van der Waals surface area contributed by atoms with Crippen LogP contribution in [-0.4, -0.2) is 9.78 Å². The molecule has 0 saturated carbocycles. The lowest BCUT2D eigenvalue weighted by atomic mass is 10.1. The SMILES string of the molecule is C=C/C=C(\C=C/C)c1cc(C(F)(F)F)nn1C. The fourth-order valence-electron chi connectivity index (χ4n) is 1.41. The minimum atomic E-state index is -4.43. The number of halogens is 3. The first-order valence-corrected chi connectivity index (χ1v) is 4.97. The predicted octanol–water partition coefficient (Wildman–Crippen LogP) is 3.58. The van der Waals surface area contributed by atoms with E-state index < -0.39 is 11.9 Å². The second-order valence-corrected chi connectivity index (χ2v) is 3.39. The van der Waals surface area contributed by atoms with Crippen molar-refractivity contribution >= 4 is 5.57 Å². The van der Waals surface area contributed by atoms with Crippen LogP contribution in [0.4, 0.5) is 13.2 Å². The summed E-state index contributed by atoms with van der Waals surface area (Å²) in [5.41, 5.74) is 0.137. The molecule has 0 N–H and O–H groups in total. The normalized spacial score (nSPS) is 13.4. The van der Waals surface area contributed by atoms with Gasteiger partial charge in [0.25, 0.3) is 0 Å². The molecule has 0 fully saturated rings. The van der Waals surface area contributed by atoms with Crippen molar-refractivity contribution in [2.24, 2.45) is 7.05 Å². The molecule has 0 aliphatic carbocycles. The van der Waals surface area contributed by atoms with E-state index in [-0.39, 0.29) is 0 Å². The van der Waals surface area contributed by atoms with Crippen LogP contribution in [-0.2, 0) is 13.2 Å². The summed E-state index contributed by atoms with van der Waals surface area (Å²) in [6.07, 6.45) is 2.19. The van der Waals surface area contributed by atoms with Gasteiger partial charge >= 0.3 is 6.18 Å². The maximum Gasteiger partial charge on any atom is 0.435 e. The molecule has 0 aromatic carbocycles. The summed E-state index contributed by atoms with van der Waals surface area (Å²) in [6.45, 7) is 5.32. The van der Waals surface area contributed by atoms with Gasteiger partial charge in [0.15, 0.2) is 5.69 Å². The third-order valence-electron chi connectivity index (χ3n) is 2.11. The van der Waals surface area contributed by atoms with Crippen LogP contribution in [0.2, 0.25) is 0 Å². The summed E-state index contributed by atoms with van der Waals surface area (Å²) in [5.74, 6) is 0.